The van der Waals surface area contributed by atoms with Gasteiger partial charge in [-0.2, -0.15) is 0 Å². The molecule has 0 radical (unpaired) electrons. The molecule has 0 saturated carbocycles. The van der Waals surface area contributed by atoms with Gasteiger partial charge in [0.2, 0.25) is 0 Å². The van der Waals surface area contributed by atoms with Crippen molar-refractivity contribution in [1.82, 2.24) is 9.80 Å². The molecule has 2 aliphatic rings. The molecule has 1 saturated heterocycles. The molecule has 1 aliphatic carbocycles. The first-order valence-corrected chi connectivity index (χ1v) is 6.05. The van der Waals surface area contributed by atoms with Gasteiger partial charge in [-0.25, -0.2) is 0 Å². The molecule has 0 aromatic heterocycles. The summed E-state index contributed by atoms with van der Waals surface area (Å²) in [6.07, 6.45) is 3.49. The first-order chi connectivity index (χ1) is 7.83. The Morgan fingerprint density at radius 3 is 2.50 bits per heavy atom. The highest BCUT2D eigenvalue weighted by Crippen LogP contribution is 2.27. The smallest absolute Gasteiger partial charge is 0.0303 e. The van der Waals surface area contributed by atoms with Crippen molar-refractivity contribution in [2.24, 2.45) is 0 Å². The molecule has 0 spiro atoms. The van der Waals surface area contributed by atoms with Gasteiger partial charge in [-0.3, -0.25) is 0 Å². The average Bonchev–Trinajstić information content (AvgIpc) is 2.73. The molecule has 0 atom stereocenters. The molecule has 1 aromatic carbocycles. The largest absolute Gasteiger partial charge is 0.372 e. The van der Waals surface area contributed by atoms with Gasteiger partial charge in [0.25, 0.3) is 0 Å². The normalized spacial score (nSPS) is 20.8. The molecule has 1 aromatic rings. The summed E-state index contributed by atoms with van der Waals surface area (Å²) in [5, 5.41) is 0. The minimum Gasteiger partial charge on any atom is -0.372 e. The van der Waals surface area contributed by atoms with E-state index >= 15 is 0 Å². The standard InChI is InChI=1S/C14H18N2/c1-15-6-8-16(9-7-15)14-10-12-4-2-3-5-13(12)11-14/h2-5,10H,6-9,11H2,1H3. The third kappa shape index (κ3) is 1.74. The number of fused-ring (bicyclic) bond motifs is 1. The minimum absolute atomic E-state index is 1.12. The lowest BCUT2D eigenvalue weighted by molar-refractivity contribution is 0.185. The van der Waals surface area contributed by atoms with Crippen molar-refractivity contribution in [3.63, 3.8) is 0 Å². The van der Waals surface area contributed by atoms with Crippen LogP contribution in [0.15, 0.2) is 30.0 Å². The zero-order valence-electron chi connectivity index (χ0n) is 9.82. The first-order valence-electron chi connectivity index (χ1n) is 6.05. The lowest BCUT2D eigenvalue weighted by atomic mass is 10.1. The SMILES string of the molecule is CN1CCN(C2=Cc3ccccc3C2)CC1. The van der Waals surface area contributed by atoms with Crippen molar-refractivity contribution in [3.8, 4) is 0 Å². The van der Waals surface area contributed by atoms with E-state index in [2.05, 4.69) is 47.2 Å². The van der Waals surface area contributed by atoms with Crippen LogP contribution in [0.5, 0.6) is 0 Å². The molecule has 16 heavy (non-hydrogen) atoms. The van der Waals surface area contributed by atoms with E-state index in [4.69, 9.17) is 0 Å². The van der Waals surface area contributed by atoms with E-state index in [1.807, 2.05) is 0 Å². The quantitative estimate of drug-likeness (QED) is 0.703. The van der Waals surface area contributed by atoms with Gasteiger partial charge >= 0.3 is 0 Å². The van der Waals surface area contributed by atoms with Gasteiger partial charge in [0.15, 0.2) is 0 Å². The molecule has 1 aliphatic heterocycles. The fourth-order valence-corrected chi connectivity index (χ4v) is 2.56. The molecule has 2 heteroatoms. The Morgan fingerprint density at radius 1 is 1.00 bits per heavy atom. The van der Waals surface area contributed by atoms with Crippen molar-refractivity contribution in [3.05, 3.63) is 41.1 Å². The number of rotatable bonds is 1. The summed E-state index contributed by atoms with van der Waals surface area (Å²) in [5.41, 5.74) is 4.40. The van der Waals surface area contributed by atoms with Crippen LogP contribution >= 0.6 is 0 Å². The second-order valence-corrected chi connectivity index (χ2v) is 4.80. The molecule has 0 bridgehead atoms. The Labute approximate surface area is 97.2 Å². The number of hydrogen-bond donors (Lipinski definition) is 0. The number of benzene rings is 1. The van der Waals surface area contributed by atoms with Crippen LogP contribution in [0.3, 0.4) is 0 Å². The van der Waals surface area contributed by atoms with E-state index in [1.54, 1.807) is 0 Å². The number of likely N-dealkylation sites (N-methyl/N-ethyl adjacent to an activating group) is 1. The zero-order valence-corrected chi connectivity index (χ0v) is 9.82. The molecule has 2 nitrogen and oxygen atoms in total. The third-order valence-electron chi connectivity index (χ3n) is 3.66. The van der Waals surface area contributed by atoms with Crippen LogP contribution in [0.4, 0.5) is 0 Å². The number of allylic oxidation sites excluding steroid dienone is 1. The molecule has 0 unspecified atom stereocenters. The lowest BCUT2D eigenvalue weighted by Gasteiger charge is -2.34. The predicted molar refractivity (Wildman–Crippen MR) is 67.2 cm³/mol. The van der Waals surface area contributed by atoms with E-state index in [0.717, 1.165) is 6.42 Å². The predicted octanol–water partition coefficient (Wildman–Crippen LogP) is 1.83. The Morgan fingerprint density at radius 2 is 1.75 bits per heavy atom. The minimum atomic E-state index is 1.12. The summed E-state index contributed by atoms with van der Waals surface area (Å²) in [7, 11) is 2.20. The fraction of sp³-hybridized carbons (Fsp3) is 0.429. The van der Waals surface area contributed by atoms with E-state index in [9.17, 15) is 0 Å². The van der Waals surface area contributed by atoms with Gasteiger partial charge in [0.1, 0.15) is 0 Å². The van der Waals surface area contributed by atoms with Crippen LogP contribution in [0.1, 0.15) is 11.1 Å². The van der Waals surface area contributed by atoms with Gasteiger partial charge in [-0.1, -0.05) is 24.3 Å². The second-order valence-electron chi connectivity index (χ2n) is 4.80. The van der Waals surface area contributed by atoms with Gasteiger partial charge in [0, 0.05) is 38.3 Å². The van der Waals surface area contributed by atoms with E-state index in [0.29, 0.717) is 0 Å². The zero-order chi connectivity index (χ0) is 11.0. The number of piperazine rings is 1. The lowest BCUT2D eigenvalue weighted by Crippen LogP contribution is -2.43. The maximum Gasteiger partial charge on any atom is 0.0303 e. The van der Waals surface area contributed by atoms with E-state index in [-0.39, 0.29) is 0 Å². The monoisotopic (exact) mass is 214 g/mol. The summed E-state index contributed by atoms with van der Waals surface area (Å²) in [4.78, 5) is 4.94. The molecule has 0 N–H and O–H groups in total. The fourth-order valence-electron chi connectivity index (χ4n) is 2.56. The highest BCUT2D eigenvalue weighted by atomic mass is 15.2. The van der Waals surface area contributed by atoms with Gasteiger partial charge in [-0.15, -0.1) is 0 Å². The van der Waals surface area contributed by atoms with Gasteiger partial charge in [0.05, 0.1) is 0 Å². The Hall–Kier alpha value is -1.28. The summed E-state index contributed by atoms with van der Waals surface area (Å²) in [6, 6.07) is 8.73. The summed E-state index contributed by atoms with van der Waals surface area (Å²) in [5.74, 6) is 0. The average molecular weight is 214 g/mol. The number of hydrogen-bond acceptors (Lipinski definition) is 2. The second kappa shape index (κ2) is 3.95. The molecule has 1 fully saturated rings. The van der Waals surface area contributed by atoms with Crippen molar-refractivity contribution < 1.29 is 0 Å². The topological polar surface area (TPSA) is 6.48 Å². The van der Waals surface area contributed by atoms with Crippen LogP contribution in [0.2, 0.25) is 0 Å². The highest BCUT2D eigenvalue weighted by Gasteiger charge is 2.20. The summed E-state index contributed by atoms with van der Waals surface area (Å²) < 4.78 is 0. The molecule has 0 amide bonds. The van der Waals surface area contributed by atoms with E-state index in [1.165, 1.54) is 43.0 Å². The third-order valence-corrected chi connectivity index (χ3v) is 3.66. The molecule has 3 rings (SSSR count). The Kier molecular flexibility index (Phi) is 2.44. The Bertz CT molecular complexity index is 414. The van der Waals surface area contributed by atoms with Crippen molar-refractivity contribution >= 4 is 6.08 Å². The maximum absolute atomic E-state index is 2.54. The molecule has 1 heterocycles. The molecular formula is C14H18N2. The van der Waals surface area contributed by atoms with E-state index < -0.39 is 0 Å². The van der Waals surface area contributed by atoms with Gasteiger partial charge < -0.3 is 9.80 Å². The van der Waals surface area contributed by atoms with Crippen LogP contribution in [-0.2, 0) is 6.42 Å². The van der Waals surface area contributed by atoms with Gasteiger partial charge in [-0.05, 0) is 24.3 Å². The first kappa shape index (κ1) is 9.91. The molecular weight excluding hydrogens is 196 g/mol. The number of nitrogens with zero attached hydrogens (tertiary/aromatic N) is 2. The van der Waals surface area contributed by atoms with Crippen molar-refractivity contribution in [2.75, 3.05) is 33.2 Å². The van der Waals surface area contributed by atoms with Crippen LogP contribution in [0, 0.1) is 0 Å². The van der Waals surface area contributed by atoms with Crippen LogP contribution in [-0.4, -0.2) is 43.0 Å². The van der Waals surface area contributed by atoms with Crippen molar-refractivity contribution in [2.45, 2.75) is 6.42 Å². The van der Waals surface area contributed by atoms with Crippen LogP contribution < -0.4 is 0 Å². The van der Waals surface area contributed by atoms with Crippen molar-refractivity contribution in [1.29, 1.82) is 0 Å². The van der Waals surface area contributed by atoms with Crippen LogP contribution in [0.25, 0.3) is 6.08 Å². The Balaban J connectivity index is 1.75. The summed E-state index contributed by atoms with van der Waals surface area (Å²) >= 11 is 0. The maximum atomic E-state index is 2.54. The summed E-state index contributed by atoms with van der Waals surface area (Å²) in [6.45, 7) is 4.73. The molecule has 84 valence electrons. The highest BCUT2D eigenvalue weighted by molar-refractivity contribution is 5.63.